The second kappa shape index (κ2) is 8.93. The molecule has 6 heteroatoms. The normalized spacial score (nSPS) is 13.1. The first-order valence-corrected chi connectivity index (χ1v) is 9.09. The number of phenolic OH excluding ortho intramolecular Hbond substituents is 1. The summed E-state index contributed by atoms with van der Waals surface area (Å²) >= 11 is 0. The minimum Gasteiger partial charge on any atom is -0.508 e. The van der Waals surface area contributed by atoms with E-state index in [2.05, 4.69) is 5.32 Å². The van der Waals surface area contributed by atoms with Crippen LogP contribution in [0.4, 0.5) is 10.5 Å². The van der Waals surface area contributed by atoms with Gasteiger partial charge in [-0.3, -0.25) is 5.32 Å². The zero-order valence-corrected chi connectivity index (χ0v) is 15.8. The number of carboxylic acid groups (broad SMARTS) is 1. The molecule has 3 aromatic rings. The first-order valence-electron chi connectivity index (χ1n) is 9.09. The molecule has 0 fully saturated rings. The van der Waals surface area contributed by atoms with Crippen molar-refractivity contribution in [1.29, 1.82) is 0 Å². The second-order valence-electron chi connectivity index (χ2n) is 6.63. The maximum absolute atomic E-state index is 12.6. The van der Waals surface area contributed by atoms with Crippen molar-refractivity contribution in [3.05, 3.63) is 84.4 Å². The maximum atomic E-state index is 12.6. The molecule has 0 heterocycles. The lowest BCUT2D eigenvalue weighted by Gasteiger charge is -2.23. The number of rotatable bonds is 6. The molecule has 0 aliphatic rings. The molecule has 0 saturated heterocycles. The van der Waals surface area contributed by atoms with Crippen molar-refractivity contribution in [3.63, 3.8) is 0 Å². The molecule has 148 valence electrons. The van der Waals surface area contributed by atoms with Crippen LogP contribution in [0, 0.1) is 5.92 Å². The van der Waals surface area contributed by atoms with Crippen LogP contribution in [-0.2, 0) is 9.53 Å². The summed E-state index contributed by atoms with van der Waals surface area (Å²) in [5.74, 6) is -1.41. The Bertz CT molecular complexity index is 1040. The fraction of sp³-hybridized carbons (Fsp3) is 0.130. The Morgan fingerprint density at radius 3 is 2.41 bits per heavy atom. The van der Waals surface area contributed by atoms with Crippen LogP contribution in [0.2, 0.25) is 0 Å². The summed E-state index contributed by atoms with van der Waals surface area (Å²) in [6.45, 7) is 1.75. The molecule has 2 atom stereocenters. The zero-order valence-electron chi connectivity index (χ0n) is 15.8. The van der Waals surface area contributed by atoms with Crippen LogP contribution in [0.25, 0.3) is 10.8 Å². The number of hydrogen-bond donors (Lipinski definition) is 3. The van der Waals surface area contributed by atoms with Gasteiger partial charge in [0.2, 0.25) is 0 Å². The topological polar surface area (TPSA) is 95.9 Å². The SMILES string of the molecule is C[C@H](/C=C/C(=O)O)[C@H](OC(=O)Nc1cccc2ccccc12)c1ccc(O)cc1. The molecule has 6 nitrogen and oxygen atoms in total. The Morgan fingerprint density at radius 2 is 1.69 bits per heavy atom. The van der Waals surface area contributed by atoms with E-state index in [0.717, 1.165) is 16.8 Å². The molecule has 0 aliphatic heterocycles. The van der Waals surface area contributed by atoms with Crippen molar-refractivity contribution in [2.75, 3.05) is 5.32 Å². The van der Waals surface area contributed by atoms with E-state index < -0.39 is 24.1 Å². The van der Waals surface area contributed by atoms with E-state index in [0.29, 0.717) is 11.3 Å². The minimum atomic E-state index is -1.08. The molecular formula is C23H21NO5. The van der Waals surface area contributed by atoms with Gasteiger partial charge in [0.05, 0.1) is 5.69 Å². The number of carbonyl (C=O) groups is 2. The number of amides is 1. The van der Waals surface area contributed by atoms with E-state index in [-0.39, 0.29) is 5.75 Å². The number of carboxylic acids is 1. The zero-order chi connectivity index (χ0) is 20.8. The molecule has 0 spiro atoms. The van der Waals surface area contributed by atoms with E-state index >= 15 is 0 Å². The van der Waals surface area contributed by atoms with Crippen molar-refractivity contribution in [2.24, 2.45) is 5.92 Å². The predicted molar refractivity (Wildman–Crippen MR) is 111 cm³/mol. The summed E-state index contributed by atoms with van der Waals surface area (Å²) in [5, 5.41) is 23.0. The van der Waals surface area contributed by atoms with E-state index in [1.165, 1.54) is 18.2 Å². The molecule has 0 bridgehead atoms. The lowest BCUT2D eigenvalue weighted by molar-refractivity contribution is -0.131. The number of anilines is 1. The van der Waals surface area contributed by atoms with Gasteiger partial charge >= 0.3 is 12.1 Å². The molecule has 0 unspecified atom stereocenters. The summed E-state index contributed by atoms with van der Waals surface area (Å²) in [5.41, 5.74) is 1.25. The first kappa shape index (κ1) is 19.9. The number of hydrogen-bond acceptors (Lipinski definition) is 4. The number of aliphatic carboxylic acids is 1. The van der Waals surface area contributed by atoms with Crippen LogP contribution in [0.3, 0.4) is 0 Å². The van der Waals surface area contributed by atoms with Crippen LogP contribution in [0.1, 0.15) is 18.6 Å². The highest BCUT2D eigenvalue weighted by Gasteiger charge is 2.23. The fourth-order valence-electron chi connectivity index (χ4n) is 3.07. The molecule has 0 radical (unpaired) electrons. The third-order valence-corrected chi connectivity index (χ3v) is 4.50. The molecule has 0 saturated carbocycles. The molecule has 0 aliphatic carbocycles. The summed E-state index contributed by atoms with van der Waals surface area (Å²) in [4.78, 5) is 23.5. The van der Waals surface area contributed by atoms with Crippen LogP contribution in [0.15, 0.2) is 78.9 Å². The van der Waals surface area contributed by atoms with Crippen LogP contribution in [0.5, 0.6) is 5.75 Å². The third-order valence-electron chi connectivity index (χ3n) is 4.50. The van der Waals surface area contributed by atoms with Gasteiger partial charge in [-0.25, -0.2) is 9.59 Å². The quantitative estimate of drug-likeness (QED) is 0.507. The summed E-state index contributed by atoms with van der Waals surface area (Å²) < 4.78 is 5.65. The monoisotopic (exact) mass is 391 g/mol. The smallest absolute Gasteiger partial charge is 0.412 e. The van der Waals surface area contributed by atoms with Crippen LogP contribution >= 0.6 is 0 Å². The van der Waals surface area contributed by atoms with Gasteiger partial charge in [0, 0.05) is 17.4 Å². The van der Waals surface area contributed by atoms with Gasteiger partial charge in [0.1, 0.15) is 11.9 Å². The Balaban J connectivity index is 1.83. The molecule has 29 heavy (non-hydrogen) atoms. The summed E-state index contributed by atoms with van der Waals surface area (Å²) in [6.07, 6.45) is 1.09. The Morgan fingerprint density at radius 1 is 1.00 bits per heavy atom. The number of aromatic hydroxyl groups is 1. The van der Waals surface area contributed by atoms with E-state index in [1.807, 2.05) is 36.4 Å². The second-order valence-corrected chi connectivity index (χ2v) is 6.63. The average Bonchev–Trinajstić information content (AvgIpc) is 2.71. The number of carbonyl (C=O) groups excluding carboxylic acids is 1. The molecule has 1 amide bonds. The molecular weight excluding hydrogens is 370 g/mol. The van der Waals surface area contributed by atoms with Crippen LogP contribution < -0.4 is 5.32 Å². The van der Waals surface area contributed by atoms with Gasteiger partial charge in [-0.15, -0.1) is 0 Å². The van der Waals surface area contributed by atoms with Gasteiger partial charge < -0.3 is 14.9 Å². The fourth-order valence-corrected chi connectivity index (χ4v) is 3.07. The Kier molecular flexibility index (Phi) is 6.14. The highest BCUT2D eigenvalue weighted by Crippen LogP contribution is 2.30. The lowest BCUT2D eigenvalue weighted by atomic mass is 9.96. The number of fused-ring (bicyclic) bond motifs is 1. The number of ether oxygens (including phenoxy) is 1. The van der Waals surface area contributed by atoms with Crippen molar-refractivity contribution >= 4 is 28.5 Å². The third kappa shape index (κ3) is 5.13. The predicted octanol–water partition coefficient (Wildman–Crippen LogP) is 5.11. The van der Waals surface area contributed by atoms with Gasteiger partial charge in [-0.2, -0.15) is 0 Å². The lowest BCUT2D eigenvalue weighted by Crippen LogP contribution is -2.21. The Labute approximate surface area is 168 Å². The van der Waals surface area contributed by atoms with Gasteiger partial charge in [0.25, 0.3) is 0 Å². The molecule has 3 rings (SSSR count). The summed E-state index contributed by atoms with van der Waals surface area (Å²) in [7, 11) is 0. The maximum Gasteiger partial charge on any atom is 0.412 e. The average molecular weight is 391 g/mol. The van der Waals surface area contributed by atoms with Gasteiger partial charge in [0.15, 0.2) is 0 Å². The minimum absolute atomic E-state index is 0.0847. The van der Waals surface area contributed by atoms with E-state index in [1.54, 1.807) is 25.1 Å². The first-order chi connectivity index (χ1) is 13.9. The van der Waals surface area contributed by atoms with Gasteiger partial charge in [-0.05, 0) is 29.1 Å². The summed E-state index contributed by atoms with van der Waals surface area (Å²) in [6, 6.07) is 19.5. The molecule has 3 aromatic carbocycles. The van der Waals surface area contributed by atoms with Crippen molar-refractivity contribution in [2.45, 2.75) is 13.0 Å². The van der Waals surface area contributed by atoms with E-state index in [4.69, 9.17) is 9.84 Å². The highest BCUT2D eigenvalue weighted by molar-refractivity contribution is 6.00. The van der Waals surface area contributed by atoms with E-state index in [9.17, 15) is 14.7 Å². The van der Waals surface area contributed by atoms with Crippen molar-refractivity contribution in [1.82, 2.24) is 0 Å². The standard InChI is InChI=1S/C23H21NO5/c1-15(9-14-21(26)27)22(17-10-12-18(25)13-11-17)29-23(28)24-20-8-4-6-16-5-2-3-7-19(16)20/h2-15,22,25H,1H3,(H,24,28)(H,26,27)/b14-9+/t15-,22+/m1/s1. The van der Waals surface area contributed by atoms with Crippen molar-refractivity contribution < 1.29 is 24.5 Å². The van der Waals surface area contributed by atoms with Crippen LogP contribution in [-0.4, -0.2) is 22.3 Å². The number of benzene rings is 3. The number of nitrogens with one attached hydrogen (secondary N) is 1. The Hall–Kier alpha value is -3.80. The van der Waals surface area contributed by atoms with Crippen molar-refractivity contribution in [3.8, 4) is 5.75 Å². The molecule has 3 N–H and O–H groups in total. The van der Waals surface area contributed by atoms with Gasteiger partial charge in [-0.1, -0.05) is 61.5 Å². The highest BCUT2D eigenvalue weighted by atomic mass is 16.6. The molecule has 0 aromatic heterocycles. The largest absolute Gasteiger partial charge is 0.508 e. The number of phenols is 1.